The van der Waals surface area contributed by atoms with Crippen molar-refractivity contribution >= 4 is 0 Å². The van der Waals surface area contributed by atoms with E-state index in [2.05, 4.69) is 5.32 Å². The number of rotatable bonds is 4. The maximum Gasteiger partial charge on any atom is 0.0474 e. The molecule has 1 N–H and O–H groups in total. The summed E-state index contributed by atoms with van der Waals surface area (Å²) in [5.74, 6) is 0. The van der Waals surface area contributed by atoms with Gasteiger partial charge in [-0.2, -0.15) is 0 Å². The minimum Gasteiger partial charge on any atom is -0.385 e. The molecule has 0 spiro atoms. The van der Waals surface area contributed by atoms with Gasteiger partial charge in [0, 0.05) is 13.7 Å². The van der Waals surface area contributed by atoms with Gasteiger partial charge in [-0.1, -0.05) is 7.43 Å². The average molecular weight is 119 g/mol. The molecule has 0 rings (SSSR count). The van der Waals surface area contributed by atoms with E-state index in [9.17, 15) is 0 Å². The zero-order chi connectivity index (χ0) is 5.54. The molecule has 0 radical (unpaired) electrons. The topological polar surface area (TPSA) is 21.3 Å². The molecule has 2 nitrogen and oxygen atoms in total. The molecule has 0 aromatic rings. The van der Waals surface area contributed by atoms with E-state index in [4.69, 9.17) is 4.74 Å². The van der Waals surface area contributed by atoms with Crippen molar-refractivity contribution in [1.29, 1.82) is 0 Å². The van der Waals surface area contributed by atoms with Gasteiger partial charge < -0.3 is 10.1 Å². The van der Waals surface area contributed by atoms with Crippen molar-refractivity contribution in [3.8, 4) is 0 Å². The summed E-state index contributed by atoms with van der Waals surface area (Å²) in [5.41, 5.74) is 0. The summed E-state index contributed by atoms with van der Waals surface area (Å²) in [6.45, 7) is 1.91. The largest absolute Gasteiger partial charge is 0.385 e. The zero-order valence-electron chi connectivity index (χ0n) is 5.03. The Balaban J connectivity index is 0. The zero-order valence-corrected chi connectivity index (χ0v) is 5.03. The third-order valence-electron chi connectivity index (χ3n) is 0.775. The highest BCUT2D eigenvalue weighted by molar-refractivity contribution is 4.36. The molecule has 8 heavy (non-hydrogen) atoms. The summed E-state index contributed by atoms with van der Waals surface area (Å²) in [7, 11) is 3.66. The molecule has 0 aromatic heterocycles. The first kappa shape index (κ1) is 10.8. The maximum atomic E-state index is 4.80. The van der Waals surface area contributed by atoms with Crippen LogP contribution >= 0.6 is 0 Å². The Morgan fingerprint density at radius 2 is 2.12 bits per heavy atom. The van der Waals surface area contributed by atoms with E-state index in [1.165, 1.54) is 0 Å². The van der Waals surface area contributed by atoms with Crippen LogP contribution < -0.4 is 5.32 Å². The molecule has 0 atom stereocenters. The quantitative estimate of drug-likeness (QED) is 0.555. The first-order chi connectivity index (χ1) is 3.41. The molecule has 0 aromatic carbocycles. The van der Waals surface area contributed by atoms with Gasteiger partial charge in [-0.15, -0.1) is 0 Å². The Bertz CT molecular complexity index is 27.7. The summed E-state index contributed by atoms with van der Waals surface area (Å²) in [6.07, 6.45) is 1.10. The van der Waals surface area contributed by atoms with Gasteiger partial charge in [-0.3, -0.25) is 0 Å². The highest BCUT2D eigenvalue weighted by atomic mass is 16.5. The lowest BCUT2D eigenvalue weighted by Crippen LogP contribution is -2.09. The molecular formula is C6H17NO. The first-order valence-electron chi connectivity index (χ1n) is 2.55. The van der Waals surface area contributed by atoms with Crippen molar-refractivity contribution in [1.82, 2.24) is 5.32 Å². The monoisotopic (exact) mass is 119 g/mol. The molecule has 0 saturated heterocycles. The molecule has 0 amide bonds. The van der Waals surface area contributed by atoms with Crippen LogP contribution in [0.15, 0.2) is 0 Å². The van der Waals surface area contributed by atoms with Crippen LogP contribution in [0, 0.1) is 0 Å². The van der Waals surface area contributed by atoms with E-state index >= 15 is 0 Å². The first-order valence-corrected chi connectivity index (χ1v) is 2.55. The second-order valence-corrected chi connectivity index (χ2v) is 1.45. The Labute approximate surface area is 52.2 Å². The molecule has 0 bridgehead atoms. The van der Waals surface area contributed by atoms with Crippen molar-refractivity contribution in [2.75, 3.05) is 27.3 Å². The smallest absolute Gasteiger partial charge is 0.0474 e. The molecule has 0 aliphatic carbocycles. The Kier molecular flexibility index (Phi) is 13.6. The van der Waals surface area contributed by atoms with E-state index in [1.54, 1.807) is 7.11 Å². The second-order valence-electron chi connectivity index (χ2n) is 1.45. The van der Waals surface area contributed by atoms with Gasteiger partial charge in [0.25, 0.3) is 0 Å². The fourth-order valence-electron chi connectivity index (χ4n) is 0.393. The number of nitrogens with one attached hydrogen (secondary N) is 1. The van der Waals surface area contributed by atoms with Crippen LogP contribution in [0.4, 0.5) is 0 Å². The van der Waals surface area contributed by atoms with E-state index in [1.807, 2.05) is 7.05 Å². The second kappa shape index (κ2) is 10.0. The van der Waals surface area contributed by atoms with Gasteiger partial charge in [0.1, 0.15) is 0 Å². The van der Waals surface area contributed by atoms with Crippen molar-refractivity contribution in [2.45, 2.75) is 13.8 Å². The summed E-state index contributed by atoms with van der Waals surface area (Å²) >= 11 is 0. The lowest BCUT2D eigenvalue weighted by Gasteiger charge is -1.94. The number of hydrogen-bond donors (Lipinski definition) is 1. The number of hydrogen-bond acceptors (Lipinski definition) is 2. The van der Waals surface area contributed by atoms with Gasteiger partial charge in [-0.05, 0) is 20.0 Å². The van der Waals surface area contributed by atoms with Crippen molar-refractivity contribution < 1.29 is 4.74 Å². The lowest BCUT2D eigenvalue weighted by atomic mass is 10.5. The molecule has 0 saturated carbocycles. The molecule has 0 unspecified atom stereocenters. The lowest BCUT2D eigenvalue weighted by molar-refractivity contribution is 0.195. The highest BCUT2D eigenvalue weighted by Gasteiger charge is 1.78. The molecule has 0 heterocycles. The molecule has 0 aliphatic rings. The Hall–Kier alpha value is -0.0800. The van der Waals surface area contributed by atoms with Crippen molar-refractivity contribution in [2.24, 2.45) is 0 Å². The van der Waals surface area contributed by atoms with Gasteiger partial charge in [-0.25, -0.2) is 0 Å². The van der Waals surface area contributed by atoms with Crippen LogP contribution in [0.25, 0.3) is 0 Å². The van der Waals surface area contributed by atoms with Crippen molar-refractivity contribution in [3.63, 3.8) is 0 Å². The van der Waals surface area contributed by atoms with Gasteiger partial charge in [0.05, 0.1) is 0 Å². The van der Waals surface area contributed by atoms with Crippen molar-refractivity contribution in [3.05, 3.63) is 0 Å². The summed E-state index contributed by atoms with van der Waals surface area (Å²) in [4.78, 5) is 0. The van der Waals surface area contributed by atoms with Crippen LogP contribution in [0.1, 0.15) is 13.8 Å². The third-order valence-corrected chi connectivity index (χ3v) is 0.775. The predicted molar refractivity (Wildman–Crippen MR) is 37.2 cm³/mol. The van der Waals surface area contributed by atoms with Gasteiger partial charge in [0.15, 0.2) is 0 Å². The van der Waals surface area contributed by atoms with Crippen LogP contribution in [0.3, 0.4) is 0 Å². The van der Waals surface area contributed by atoms with Crippen LogP contribution in [-0.2, 0) is 4.74 Å². The van der Waals surface area contributed by atoms with Crippen LogP contribution in [0.5, 0.6) is 0 Å². The summed E-state index contributed by atoms with van der Waals surface area (Å²) in [6, 6.07) is 0. The molecule has 0 fully saturated rings. The minimum absolute atomic E-state index is 0. The Morgan fingerprint density at radius 1 is 1.50 bits per heavy atom. The fourth-order valence-corrected chi connectivity index (χ4v) is 0.393. The number of ether oxygens (including phenoxy) is 1. The molecule has 52 valence electrons. The summed E-state index contributed by atoms with van der Waals surface area (Å²) in [5, 5.41) is 3.02. The van der Waals surface area contributed by atoms with Crippen LogP contribution in [-0.4, -0.2) is 27.3 Å². The third kappa shape index (κ3) is 9.33. The normalized spacial score (nSPS) is 8.25. The van der Waals surface area contributed by atoms with E-state index in [0.717, 1.165) is 19.6 Å². The minimum atomic E-state index is 0. The van der Waals surface area contributed by atoms with Gasteiger partial charge in [0.2, 0.25) is 0 Å². The van der Waals surface area contributed by atoms with Crippen LogP contribution in [0.2, 0.25) is 0 Å². The standard InChI is InChI=1S/C5H13NO.CH4/c1-6-4-3-5-7-2;/h6H,3-5H2,1-2H3;1H4. The number of methoxy groups -OCH3 is 1. The summed E-state index contributed by atoms with van der Waals surface area (Å²) < 4.78 is 4.80. The fraction of sp³-hybridized carbons (Fsp3) is 1.00. The highest BCUT2D eigenvalue weighted by Crippen LogP contribution is 1.73. The van der Waals surface area contributed by atoms with E-state index in [0.29, 0.717) is 0 Å². The molecular weight excluding hydrogens is 102 g/mol. The molecule has 2 heteroatoms. The predicted octanol–water partition coefficient (Wildman–Crippen LogP) is 0.878. The maximum absolute atomic E-state index is 4.80. The van der Waals surface area contributed by atoms with E-state index in [-0.39, 0.29) is 7.43 Å². The SMILES string of the molecule is C.CNCCCOC. The van der Waals surface area contributed by atoms with Gasteiger partial charge >= 0.3 is 0 Å². The van der Waals surface area contributed by atoms with E-state index < -0.39 is 0 Å². The average Bonchev–Trinajstić information content (AvgIpc) is 1.69. The Morgan fingerprint density at radius 3 is 2.50 bits per heavy atom. The molecule has 0 aliphatic heterocycles.